The molecule has 0 aliphatic carbocycles. The molecule has 0 atom stereocenters. The molecule has 0 saturated heterocycles. The summed E-state index contributed by atoms with van der Waals surface area (Å²) in [6, 6.07) is 4.79. The van der Waals surface area contributed by atoms with Crippen LogP contribution in [0.5, 0.6) is 0 Å². The molecule has 29 heavy (non-hydrogen) atoms. The van der Waals surface area contributed by atoms with Gasteiger partial charge in [0.2, 0.25) is 0 Å². The zero-order valence-electron chi connectivity index (χ0n) is 17.6. The first-order valence-corrected chi connectivity index (χ1v) is 10.2. The van der Waals surface area contributed by atoms with Crippen molar-refractivity contribution in [2.24, 2.45) is 0 Å². The van der Waals surface area contributed by atoms with Gasteiger partial charge >= 0.3 is 6.18 Å². The van der Waals surface area contributed by atoms with E-state index in [1.54, 1.807) is 0 Å². The maximum atomic E-state index is 12.6. The average Bonchev–Trinajstić information content (AvgIpc) is 2.61. The number of nitrogens with one attached hydrogen (secondary N) is 2. The van der Waals surface area contributed by atoms with E-state index in [1.807, 2.05) is 0 Å². The molecular formula is C23H31F3N2S. The van der Waals surface area contributed by atoms with E-state index in [0.29, 0.717) is 17.3 Å². The fraction of sp³-hybridized carbons (Fsp3) is 0.435. The Bertz CT molecular complexity index is 740. The third-order valence-electron chi connectivity index (χ3n) is 4.31. The molecule has 0 bridgehead atoms. The molecule has 0 amide bonds. The van der Waals surface area contributed by atoms with Crippen LogP contribution in [-0.4, -0.2) is 11.7 Å². The topological polar surface area (TPSA) is 24.1 Å². The number of hydrogen-bond donors (Lipinski definition) is 2. The van der Waals surface area contributed by atoms with Crippen molar-refractivity contribution < 1.29 is 13.2 Å². The van der Waals surface area contributed by atoms with Crippen molar-refractivity contribution in [3.05, 3.63) is 64.8 Å². The summed E-state index contributed by atoms with van der Waals surface area (Å²) >= 11 is 5.19. The molecule has 0 unspecified atom stereocenters. The highest BCUT2D eigenvalue weighted by Gasteiger charge is 2.29. The van der Waals surface area contributed by atoms with Crippen molar-refractivity contribution >= 4 is 23.0 Å². The van der Waals surface area contributed by atoms with Crippen LogP contribution in [0.1, 0.15) is 58.9 Å². The third kappa shape index (κ3) is 11.5. The summed E-state index contributed by atoms with van der Waals surface area (Å²) in [6.07, 6.45) is 6.48. The molecule has 1 rings (SSSR count). The maximum absolute atomic E-state index is 12.6. The Morgan fingerprint density at radius 1 is 0.897 bits per heavy atom. The lowest BCUT2D eigenvalue weighted by atomic mass is 10.1. The van der Waals surface area contributed by atoms with Crippen LogP contribution >= 0.6 is 12.2 Å². The van der Waals surface area contributed by atoms with Gasteiger partial charge in [-0.15, -0.1) is 0 Å². The highest BCUT2D eigenvalue weighted by Crippen LogP contribution is 2.29. The summed E-state index contributed by atoms with van der Waals surface area (Å²) in [5, 5.41) is 6.31. The third-order valence-corrected chi connectivity index (χ3v) is 4.55. The first kappa shape index (κ1) is 25.0. The van der Waals surface area contributed by atoms with Crippen molar-refractivity contribution in [1.82, 2.24) is 5.32 Å². The second kappa shape index (κ2) is 12.5. The number of rotatable bonds is 9. The van der Waals surface area contributed by atoms with Crippen molar-refractivity contribution in [1.29, 1.82) is 0 Å². The van der Waals surface area contributed by atoms with Crippen molar-refractivity contribution in [3.63, 3.8) is 0 Å². The van der Waals surface area contributed by atoms with Crippen LogP contribution in [0.3, 0.4) is 0 Å². The lowest BCUT2D eigenvalue weighted by Crippen LogP contribution is -2.28. The van der Waals surface area contributed by atoms with E-state index in [2.05, 4.69) is 56.6 Å². The molecule has 0 spiro atoms. The minimum Gasteiger partial charge on any atom is -0.359 e. The molecular weight excluding hydrogens is 393 g/mol. The molecule has 0 heterocycles. The molecule has 0 aliphatic rings. The van der Waals surface area contributed by atoms with Gasteiger partial charge in [-0.3, -0.25) is 0 Å². The minimum absolute atomic E-state index is 0.379. The Balaban J connectivity index is 2.33. The Labute approximate surface area is 178 Å². The van der Waals surface area contributed by atoms with Crippen LogP contribution in [0.4, 0.5) is 18.9 Å². The number of anilines is 1. The van der Waals surface area contributed by atoms with E-state index in [0.717, 1.165) is 37.8 Å². The van der Waals surface area contributed by atoms with Gasteiger partial charge in [-0.2, -0.15) is 13.2 Å². The Morgan fingerprint density at radius 2 is 1.45 bits per heavy atom. The van der Waals surface area contributed by atoms with Crippen molar-refractivity contribution in [2.75, 3.05) is 11.9 Å². The van der Waals surface area contributed by atoms with Gasteiger partial charge in [-0.05, 0) is 89.9 Å². The van der Waals surface area contributed by atoms with Gasteiger partial charge in [-0.25, -0.2) is 0 Å². The van der Waals surface area contributed by atoms with Crippen LogP contribution in [0.15, 0.2) is 59.2 Å². The Kier molecular flexibility index (Phi) is 10.7. The summed E-state index contributed by atoms with van der Waals surface area (Å²) in [4.78, 5) is 0. The van der Waals surface area contributed by atoms with E-state index in [1.165, 1.54) is 28.9 Å². The number of hydrogen-bond acceptors (Lipinski definition) is 1. The van der Waals surface area contributed by atoms with Gasteiger partial charge in [0.1, 0.15) is 0 Å². The highest BCUT2D eigenvalue weighted by molar-refractivity contribution is 7.80. The lowest BCUT2D eigenvalue weighted by Gasteiger charge is -2.11. The summed E-state index contributed by atoms with van der Waals surface area (Å²) in [5.74, 6) is 0. The van der Waals surface area contributed by atoms with Crippen LogP contribution in [0, 0.1) is 0 Å². The predicted molar refractivity (Wildman–Crippen MR) is 121 cm³/mol. The molecule has 0 aromatic heterocycles. The van der Waals surface area contributed by atoms with Gasteiger partial charge < -0.3 is 10.6 Å². The zero-order valence-corrected chi connectivity index (χ0v) is 18.4. The van der Waals surface area contributed by atoms with Gasteiger partial charge in [0, 0.05) is 12.2 Å². The molecule has 1 aromatic rings. The van der Waals surface area contributed by atoms with E-state index in [4.69, 9.17) is 12.2 Å². The molecule has 2 N–H and O–H groups in total. The summed E-state index contributed by atoms with van der Waals surface area (Å²) in [7, 11) is 0. The molecule has 1 aromatic carbocycles. The number of halogens is 3. The Morgan fingerprint density at radius 3 is 2.00 bits per heavy atom. The fourth-order valence-electron chi connectivity index (χ4n) is 2.57. The smallest absolute Gasteiger partial charge is 0.359 e. The molecule has 160 valence electrons. The summed E-state index contributed by atoms with van der Waals surface area (Å²) in [6.45, 7) is 9.06. The normalized spacial score (nSPS) is 12.5. The van der Waals surface area contributed by atoms with Crippen molar-refractivity contribution in [2.45, 2.75) is 59.6 Å². The molecule has 2 nitrogen and oxygen atoms in total. The van der Waals surface area contributed by atoms with Crippen LogP contribution in [0.25, 0.3) is 0 Å². The number of alkyl halides is 3. The quantitative estimate of drug-likeness (QED) is 0.319. The zero-order chi connectivity index (χ0) is 21.9. The standard InChI is InChI=1S/C23H31F3N2S/c1-17(2)7-5-8-18(3)9-6-10-19(4)15-16-27-22(29)28-21-13-11-20(12-14-21)23(24,25)26/h7,9,11-15H,5-6,8,10,16H2,1-4H3,(H2,27,28,29)/b18-9+,19-15+. The molecule has 0 saturated carbocycles. The summed E-state index contributed by atoms with van der Waals surface area (Å²) < 4.78 is 37.7. The van der Waals surface area contributed by atoms with Gasteiger partial charge in [0.15, 0.2) is 5.11 Å². The largest absolute Gasteiger partial charge is 0.416 e. The predicted octanol–water partition coefficient (Wildman–Crippen LogP) is 7.41. The lowest BCUT2D eigenvalue weighted by molar-refractivity contribution is -0.137. The van der Waals surface area contributed by atoms with Gasteiger partial charge in [0.05, 0.1) is 5.56 Å². The van der Waals surface area contributed by atoms with E-state index in [9.17, 15) is 13.2 Å². The molecule has 0 radical (unpaired) electrons. The number of thiocarbonyl (C=S) groups is 1. The van der Waals surface area contributed by atoms with Gasteiger partial charge in [0.25, 0.3) is 0 Å². The van der Waals surface area contributed by atoms with Crippen LogP contribution in [-0.2, 0) is 6.18 Å². The van der Waals surface area contributed by atoms with E-state index < -0.39 is 11.7 Å². The first-order valence-electron chi connectivity index (χ1n) is 9.74. The molecule has 6 heteroatoms. The first-order chi connectivity index (χ1) is 13.6. The monoisotopic (exact) mass is 424 g/mol. The highest BCUT2D eigenvalue weighted by atomic mass is 32.1. The van der Waals surface area contributed by atoms with E-state index in [-0.39, 0.29) is 0 Å². The Hall–Kier alpha value is -2.08. The average molecular weight is 425 g/mol. The molecule has 0 aliphatic heterocycles. The summed E-state index contributed by atoms with van der Waals surface area (Å²) in [5.41, 5.74) is 3.87. The van der Waals surface area contributed by atoms with E-state index >= 15 is 0 Å². The SMILES string of the molecule is CC(C)=CCC/C(C)=C/CC/C(C)=C/CNC(=S)Nc1ccc(C(F)(F)F)cc1. The van der Waals surface area contributed by atoms with Crippen LogP contribution < -0.4 is 10.6 Å². The van der Waals surface area contributed by atoms with Crippen molar-refractivity contribution in [3.8, 4) is 0 Å². The second-order valence-electron chi connectivity index (χ2n) is 7.37. The van der Waals surface area contributed by atoms with Crippen LogP contribution in [0.2, 0.25) is 0 Å². The number of allylic oxidation sites excluding steroid dienone is 5. The minimum atomic E-state index is -4.33. The fourth-order valence-corrected chi connectivity index (χ4v) is 2.78. The number of benzene rings is 1. The molecule has 0 fully saturated rings. The maximum Gasteiger partial charge on any atom is 0.416 e. The van der Waals surface area contributed by atoms with Gasteiger partial charge in [-0.1, -0.05) is 34.9 Å². The second-order valence-corrected chi connectivity index (χ2v) is 7.78.